The largest absolute Gasteiger partial charge is 0.457 e. The van der Waals surface area contributed by atoms with Crippen LogP contribution in [0.2, 0.25) is 0 Å². The van der Waals surface area contributed by atoms with E-state index in [0.717, 1.165) is 5.56 Å². The molecule has 1 amide bonds. The van der Waals surface area contributed by atoms with Gasteiger partial charge in [-0.1, -0.05) is 12.1 Å². The van der Waals surface area contributed by atoms with Crippen LogP contribution in [0.3, 0.4) is 0 Å². The number of carbonyl (C=O) groups is 1. The van der Waals surface area contributed by atoms with Gasteiger partial charge in [-0.05, 0) is 74.7 Å². The molecule has 0 radical (unpaired) electrons. The lowest BCUT2D eigenvalue weighted by atomic mass is 10.1. The molecular weight excluding hydrogens is 396 g/mol. The zero-order valence-corrected chi connectivity index (χ0v) is 17.1. The predicted molar refractivity (Wildman–Crippen MR) is 107 cm³/mol. The van der Waals surface area contributed by atoms with Gasteiger partial charge in [0, 0.05) is 16.0 Å². The molecule has 0 aliphatic heterocycles. The van der Waals surface area contributed by atoms with Gasteiger partial charge in [-0.2, -0.15) is 0 Å². The van der Waals surface area contributed by atoms with Crippen LogP contribution in [0.1, 0.15) is 26.3 Å². The fraction of sp³-hybridized carbons (Fsp3) is 0.316. The topological polar surface area (TPSA) is 130 Å². The molecular formula is C19H22N4O5S. The van der Waals surface area contributed by atoms with Crippen LogP contribution in [0, 0.1) is 0 Å². The summed E-state index contributed by atoms with van der Waals surface area (Å²) in [6.45, 7) is 5.85. The first kappa shape index (κ1) is 22.1. The zero-order chi connectivity index (χ0) is 21.5. The maximum Gasteiger partial charge on any atom is 0.407 e. The molecule has 2 rings (SSSR count). The Morgan fingerprint density at radius 2 is 1.62 bits per heavy atom. The molecule has 0 heterocycles. The molecule has 0 aromatic heterocycles. The molecule has 0 unspecified atom stereocenters. The van der Waals surface area contributed by atoms with E-state index in [1.165, 1.54) is 24.3 Å². The van der Waals surface area contributed by atoms with Crippen molar-refractivity contribution >= 4 is 16.1 Å². The highest BCUT2D eigenvalue weighted by atomic mass is 32.2. The zero-order valence-electron chi connectivity index (χ0n) is 16.3. The summed E-state index contributed by atoms with van der Waals surface area (Å²) in [5.41, 5.74) is 8.76. The number of ether oxygens (including phenoxy) is 2. The second kappa shape index (κ2) is 9.31. The normalized spacial score (nSPS) is 11.3. The summed E-state index contributed by atoms with van der Waals surface area (Å²) in [6, 6.07) is 12.8. The Morgan fingerprint density at radius 3 is 2.14 bits per heavy atom. The Bertz CT molecular complexity index is 990. The molecule has 29 heavy (non-hydrogen) atoms. The van der Waals surface area contributed by atoms with Crippen molar-refractivity contribution in [2.45, 2.75) is 37.7 Å². The highest BCUT2D eigenvalue weighted by Gasteiger charge is 2.15. The van der Waals surface area contributed by atoms with Crippen LogP contribution >= 0.6 is 0 Å². The molecule has 2 aromatic carbocycles. The Balaban J connectivity index is 1.89. The monoisotopic (exact) mass is 418 g/mol. The van der Waals surface area contributed by atoms with Crippen LogP contribution in [-0.4, -0.2) is 26.7 Å². The van der Waals surface area contributed by atoms with Crippen molar-refractivity contribution in [1.82, 2.24) is 5.32 Å². The first-order valence-corrected chi connectivity index (χ1v) is 10.2. The number of rotatable bonds is 7. The average Bonchev–Trinajstić information content (AvgIpc) is 2.62. The van der Waals surface area contributed by atoms with Crippen LogP contribution in [0.4, 0.5) is 4.79 Å². The standard InChI is InChI=1S/C19H22N4O5S/c1-19(2,3)28-18(24)21-13-12-14-4-6-15(7-5-14)27-16-8-10-17(11-9-16)29(25,26)23-22-20/h4-11H,12-13H2,1-3H3,(H,21,24). The number of hydrogen-bond donors (Lipinski definition) is 1. The molecule has 0 atom stereocenters. The molecule has 0 aliphatic carbocycles. The quantitative estimate of drug-likeness (QED) is 0.400. The molecule has 0 fully saturated rings. The predicted octanol–water partition coefficient (Wildman–Crippen LogP) is 4.55. The summed E-state index contributed by atoms with van der Waals surface area (Å²) in [7, 11) is -4.02. The second-order valence-corrected chi connectivity index (χ2v) is 8.63. The van der Waals surface area contributed by atoms with E-state index >= 15 is 0 Å². The number of carbonyl (C=O) groups excluding carboxylic acids is 1. The number of amides is 1. The minimum absolute atomic E-state index is 0.115. The van der Waals surface area contributed by atoms with Crippen molar-refractivity contribution in [2.75, 3.05) is 6.54 Å². The van der Waals surface area contributed by atoms with Gasteiger partial charge in [0.2, 0.25) is 0 Å². The lowest BCUT2D eigenvalue weighted by Gasteiger charge is -2.19. The van der Waals surface area contributed by atoms with Gasteiger partial charge in [-0.3, -0.25) is 0 Å². The van der Waals surface area contributed by atoms with E-state index in [2.05, 4.69) is 14.7 Å². The van der Waals surface area contributed by atoms with E-state index in [9.17, 15) is 13.2 Å². The third kappa shape index (κ3) is 7.36. The molecule has 0 bridgehead atoms. The number of hydrogen-bond acceptors (Lipinski definition) is 5. The number of alkyl carbamates (subject to hydrolysis) is 1. The minimum atomic E-state index is -4.02. The van der Waals surface area contributed by atoms with Crippen molar-refractivity contribution in [1.29, 1.82) is 0 Å². The number of sulfonamides is 1. The first-order chi connectivity index (χ1) is 13.6. The molecule has 9 nitrogen and oxygen atoms in total. The number of benzene rings is 2. The van der Waals surface area contributed by atoms with Crippen LogP contribution in [0.15, 0.2) is 57.9 Å². The van der Waals surface area contributed by atoms with Crippen LogP contribution in [0.25, 0.3) is 10.4 Å². The highest BCUT2D eigenvalue weighted by Crippen LogP contribution is 2.24. The van der Waals surface area contributed by atoms with Crippen LogP contribution in [-0.2, 0) is 21.2 Å². The SMILES string of the molecule is CC(C)(C)OC(=O)NCCc1ccc(Oc2ccc(S(=O)(=O)N=[N+]=[N-])cc2)cc1. The lowest BCUT2D eigenvalue weighted by Crippen LogP contribution is -2.33. The van der Waals surface area contributed by atoms with E-state index in [0.29, 0.717) is 24.5 Å². The van der Waals surface area contributed by atoms with E-state index < -0.39 is 21.7 Å². The summed E-state index contributed by atoms with van der Waals surface area (Å²) in [6.07, 6.45) is 0.175. The van der Waals surface area contributed by atoms with Crippen molar-refractivity contribution in [3.8, 4) is 11.5 Å². The van der Waals surface area contributed by atoms with Gasteiger partial charge in [0.1, 0.15) is 17.1 Å². The van der Waals surface area contributed by atoms with Gasteiger partial charge < -0.3 is 14.8 Å². The summed E-state index contributed by atoms with van der Waals surface area (Å²) in [5, 5.41) is 2.70. The fourth-order valence-corrected chi connectivity index (χ4v) is 2.93. The summed E-state index contributed by atoms with van der Waals surface area (Å²) in [5.74, 6) is 1.00. The molecule has 10 heteroatoms. The van der Waals surface area contributed by atoms with Crippen molar-refractivity contribution < 1.29 is 22.7 Å². The maximum atomic E-state index is 11.6. The molecule has 0 saturated heterocycles. The molecule has 1 N–H and O–H groups in total. The second-order valence-electron chi connectivity index (χ2n) is 7.04. The summed E-state index contributed by atoms with van der Waals surface area (Å²) < 4.78 is 36.9. The van der Waals surface area contributed by atoms with E-state index in [1.807, 2.05) is 12.1 Å². The fourth-order valence-electron chi connectivity index (χ4n) is 2.26. The smallest absolute Gasteiger partial charge is 0.407 e. The van der Waals surface area contributed by atoms with Crippen LogP contribution in [0.5, 0.6) is 11.5 Å². The van der Waals surface area contributed by atoms with E-state index in [-0.39, 0.29) is 4.90 Å². The Labute approximate surface area is 169 Å². The number of nitrogens with zero attached hydrogens (tertiary/aromatic N) is 3. The molecule has 0 aliphatic rings. The minimum Gasteiger partial charge on any atom is -0.457 e. The van der Waals surface area contributed by atoms with Gasteiger partial charge in [0.05, 0.1) is 4.90 Å². The van der Waals surface area contributed by atoms with Gasteiger partial charge in [0.15, 0.2) is 0 Å². The number of azide groups is 1. The molecule has 0 spiro atoms. The molecule has 2 aromatic rings. The number of nitrogens with one attached hydrogen (secondary N) is 1. The third-order valence-corrected chi connectivity index (χ3v) is 4.66. The average molecular weight is 418 g/mol. The molecule has 0 saturated carbocycles. The lowest BCUT2D eigenvalue weighted by molar-refractivity contribution is 0.0528. The van der Waals surface area contributed by atoms with Gasteiger partial charge in [-0.25, -0.2) is 13.2 Å². The Morgan fingerprint density at radius 1 is 1.07 bits per heavy atom. The van der Waals surface area contributed by atoms with Crippen molar-refractivity contribution in [3.05, 3.63) is 64.5 Å². The van der Waals surface area contributed by atoms with Gasteiger partial charge >= 0.3 is 6.09 Å². The van der Waals surface area contributed by atoms with Gasteiger partial charge in [0.25, 0.3) is 10.0 Å². The summed E-state index contributed by atoms with van der Waals surface area (Å²) >= 11 is 0. The maximum absolute atomic E-state index is 11.6. The van der Waals surface area contributed by atoms with Crippen molar-refractivity contribution in [3.63, 3.8) is 0 Å². The Hall–Kier alpha value is -3.23. The Kier molecular flexibility index (Phi) is 7.08. The van der Waals surface area contributed by atoms with Crippen LogP contribution < -0.4 is 10.1 Å². The highest BCUT2D eigenvalue weighted by molar-refractivity contribution is 7.90. The van der Waals surface area contributed by atoms with Gasteiger partial charge in [-0.15, -0.1) is 0 Å². The van der Waals surface area contributed by atoms with Crippen molar-refractivity contribution in [2.24, 2.45) is 4.52 Å². The van der Waals surface area contributed by atoms with E-state index in [4.69, 9.17) is 15.0 Å². The first-order valence-electron chi connectivity index (χ1n) is 8.74. The van der Waals surface area contributed by atoms with E-state index in [1.54, 1.807) is 32.9 Å². The molecule has 154 valence electrons. The third-order valence-electron chi connectivity index (χ3n) is 3.51. The summed E-state index contributed by atoms with van der Waals surface area (Å²) in [4.78, 5) is 13.8.